The summed E-state index contributed by atoms with van der Waals surface area (Å²) in [5, 5.41) is 11.7. The molecule has 252 valence electrons. The van der Waals surface area contributed by atoms with Crippen LogP contribution in [0.5, 0.6) is 0 Å². The van der Waals surface area contributed by atoms with Crippen molar-refractivity contribution in [2.45, 2.75) is 140 Å². The van der Waals surface area contributed by atoms with Crippen molar-refractivity contribution < 1.29 is 90.2 Å². The molecule has 5 aliphatic carbocycles. The molecule has 0 aromatic heterocycles. The zero-order valence-electron chi connectivity index (χ0n) is 30.1. The van der Waals surface area contributed by atoms with Gasteiger partial charge in [-0.25, -0.2) is 16.8 Å². The van der Waals surface area contributed by atoms with Gasteiger partial charge in [0.1, 0.15) is 20.2 Å². The summed E-state index contributed by atoms with van der Waals surface area (Å²) >= 11 is 0. The van der Waals surface area contributed by atoms with Gasteiger partial charge in [0.05, 0.1) is 15.9 Å². The van der Waals surface area contributed by atoms with Crippen LogP contribution in [0.3, 0.4) is 0 Å². The average molecular weight is 707 g/mol. The van der Waals surface area contributed by atoms with Crippen molar-refractivity contribution in [1.29, 1.82) is 0 Å². The first-order chi connectivity index (χ1) is 20.6. The van der Waals surface area contributed by atoms with Crippen molar-refractivity contribution in [2.75, 3.05) is 0 Å². The molecule has 5 aliphatic rings. The van der Waals surface area contributed by atoms with E-state index in [4.69, 9.17) is 0 Å². The molecule has 0 amide bonds. The third kappa shape index (κ3) is 6.21. The zero-order chi connectivity index (χ0) is 33.2. The second kappa shape index (κ2) is 13.0. The summed E-state index contributed by atoms with van der Waals surface area (Å²) < 4.78 is 74.7. The molecule has 0 radical (unpaired) electrons. The third-order valence-electron chi connectivity index (χ3n) is 14.9. The van der Waals surface area contributed by atoms with Gasteiger partial charge in [0.15, 0.2) is 0 Å². The van der Waals surface area contributed by atoms with Crippen LogP contribution in [-0.4, -0.2) is 37.2 Å². The van der Waals surface area contributed by atoms with Gasteiger partial charge in [-0.1, -0.05) is 53.2 Å². The fraction of sp³-hybridized carbons (Fsp3) is 0.778. The maximum absolute atomic E-state index is 12.5. The molecule has 1 aromatic carbocycles. The molecule has 47 heavy (non-hydrogen) atoms. The summed E-state index contributed by atoms with van der Waals surface area (Å²) in [7, 11) is -9.76. The standard InChI is InChI=1S/C36H54O7S2.2Na/c1-22-9-8-16-32(2,3)24(22)12-17-35(6)28-13-18-34(5)27(33(28,4)20-15-30(35)37)14-19-36(7)29(34)21-23-25(44(38,39)40)10-11-26(31(23)36)45(41,42)43;;/h9-11,24,27-30,37H,8,12-21H2,1-7H3,(H,38,39,40)(H,41,42,43);;/q;2*+1/p-2/t24-,27-,28-,29+,30+,33-,34-,35+,36+;;/m1../s1. The minimum Gasteiger partial charge on any atom is -0.744 e. The van der Waals surface area contributed by atoms with Gasteiger partial charge in [0, 0.05) is 0 Å². The molecule has 6 rings (SSSR count). The van der Waals surface area contributed by atoms with Gasteiger partial charge < -0.3 is 14.2 Å². The Morgan fingerprint density at radius 2 is 1.34 bits per heavy atom. The first-order valence-corrected chi connectivity index (χ1v) is 19.9. The number of benzene rings is 1. The summed E-state index contributed by atoms with van der Waals surface area (Å²) in [5.41, 5.74) is 0.969. The topological polar surface area (TPSA) is 135 Å². The second-order valence-electron chi connectivity index (χ2n) is 17.3. The number of hydrogen-bond donors (Lipinski definition) is 1. The predicted molar refractivity (Wildman–Crippen MR) is 171 cm³/mol. The van der Waals surface area contributed by atoms with E-state index in [2.05, 4.69) is 47.6 Å². The normalized spacial score (nSPS) is 40.8. The molecular formula is C36H52Na2O7S2. The maximum Gasteiger partial charge on any atom is 1.00 e. The second-order valence-corrected chi connectivity index (χ2v) is 20.0. The first kappa shape index (κ1) is 40.5. The molecule has 0 aliphatic heterocycles. The summed E-state index contributed by atoms with van der Waals surface area (Å²) in [6.45, 7) is 16.1. The fourth-order valence-corrected chi connectivity index (χ4v) is 14.2. The molecule has 9 atom stereocenters. The van der Waals surface area contributed by atoms with Crippen molar-refractivity contribution >= 4 is 20.2 Å². The Morgan fingerprint density at radius 1 is 0.787 bits per heavy atom. The molecule has 7 nitrogen and oxygen atoms in total. The molecule has 11 heteroatoms. The predicted octanol–water partition coefficient (Wildman–Crippen LogP) is 1.09. The largest absolute Gasteiger partial charge is 1.00 e. The van der Waals surface area contributed by atoms with Crippen LogP contribution in [0.15, 0.2) is 33.6 Å². The quantitative estimate of drug-likeness (QED) is 0.275. The molecular weight excluding hydrogens is 655 g/mol. The molecule has 0 saturated heterocycles. The summed E-state index contributed by atoms with van der Waals surface area (Å²) in [6.07, 6.45) is 11.6. The van der Waals surface area contributed by atoms with E-state index in [1.54, 1.807) is 0 Å². The number of aliphatic hydroxyl groups is 1. The van der Waals surface area contributed by atoms with E-state index >= 15 is 0 Å². The van der Waals surface area contributed by atoms with Crippen LogP contribution in [-0.2, 0) is 32.1 Å². The Hall–Kier alpha value is 0.740. The first-order valence-electron chi connectivity index (χ1n) is 17.0. The van der Waals surface area contributed by atoms with Gasteiger partial charge in [-0.2, -0.15) is 0 Å². The van der Waals surface area contributed by atoms with Gasteiger partial charge >= 0.3 is 59.1 Å². The molecule has 0 heterocycles. The van der Waals surface area contributed by atoms with Crippen molar-refractivity contribution in [2.24, 2.45) is 45.3 Å². The van der Waals surface area contributed by atoms with Crippen molar-refractivity contribution in [3.05, 3.63) is 34.9 Å². The van der Waals surface area contributed by atoms with E-state index in [9.17, 15) is 31.0 Å². The van der Waals surface area contributed by atoms with Gasteiger partial charge in [-0.05, 0) is 152 Å². The Balaban J connectivity index is 0.00000250. The summed E-state index contributed by atoms with van der Waals surface area (Å²) in [5.74, 6) is 1.01. The number of aliphatic hydroxyl groups excluding tert-OH is 1. The molecule has 1 aromatic rings. The van der Waals surface area contributed by atoms with Gasteiger partial charge in [0.25, 0.3) is 0 Å². The average Bonchev–Trinajstić information content (AvgIpc) is 3.23. The van der Waals surface area contributed by atoms with E-state index in [1.807, 2.05) is 6.92 Å². The zero-order valence-corrected chi connectivity index (χ0v) is 35.7. The molecule has 3 fully saturated rings. The van der Waals surface area contributed by atoms with E-state index in [0.29, 0.717) is 18.3 Å². The number of hydrogen-bond acceptors (Lipinski definition) is 7. The van der Waals surface area contributed by atoms with Crippen LogP contribution in [0, 0.1) is 45.3 Å². The van der Waals surface area contributed by atoms with Crippen molar-refractivity contribution in [3.63, 3.8) is 0 Å². The van der Waals surface area contributed by atoms with Crippen molar-refractivity contribution in [3.8, 4) is 0 Å². The van der Waals surface area contributed by atoms with Gasteiger partial charge in [-0.3, -0.25) is 0 Å². The van der Waals surface area contributed by atoms with Crippen LogP contribution in [0.4, 0.5) is 0 Å². The van der Waals surface area contributed by atoms with E-state index in [1.165, 1.54) is 12.0 Å². The van der Waals surface area contributed by atoms with Gasteiger partial charge in [0.2, 0.25) is 0 Å². The monoisotopic (exact) mass is 706 g/mol. The Kier molecular flexibility index (Phi) is 11.2. The van der Waals surface area contributed by atoms with Gasteiger partial charge in [-0.15, -0.1) is 0 Å². The fourth-order valence-electron chi connectivity index (χ4n) is 12.7. The molecule has 1 N–H and O–H groups in total. The van der Waals surface area contributed by atoms with Crippen LogP contribution >= 0.6 is 0 Å². The number of rotatable bonds is 5. The van der Waals surface area contributed by atoms with Crippen LogP contribution in [0.2, 0.25) is 0 Å². The number of fused-ring (bicyclic) bond motifs is 7. The van der Waals surface area contributed by atoms with Crippen LogP contribution in [0.1, 0.15) is 124 Å². The third-order valence-corrected chi connectivity index (χ3v) is 16.7. The smallest absolute Gasteiger partial charge is 0.744 e. The minimum atomic E-state index is -4.89. The molecule has 3 saturated carbocycles. The van der Waals surface area contributed by atoms with E-state index < -0.39 is 25.7 Å². The Morgan fingerprint density at radius 3 is 1.94 bits per heavy atom. The maximum atomic E-state index is 12.5. The van der Waals surface area contributed by atoms with E-state index in [0.717, 1.165) is 63.5 Å². The number of allylic oxidation sites excluding steroid dienone is 2. The SMILES string of the molecule is CC1=CCCC(C)(C)[C@@H]1CC[C@@]1(C)[C@@H]2CC[C@]3(C)[C@H](CC[C@]4(C)c5c(S(=O)(=O)[O-])ccc(S(=O)(=O)[O-])c5C[C@@H]34)[C@@]2(C)CC[C@@H]1O.[Na+].[Na+]. The van der Waals surface area contributed by atoms with Crippen LogP contribution in [0.25, 0.3) is 0 Å². The minimum absolute atomic E-state index is 0. The summed E-state index contributed by atoms with van der Waals surface area (Å²) in [4.78, 5) is -0.760. The summed E-state index contributed by atoms with van der Waals surface area (Å²) in [6, 6.07) is 2.08. The van der Waals surface area contributed by atoms with Crippen molar-refractivity contribution in [1.82, 2.24) is 0 Å². The van der Waals surface area contributed by atoms with E-state index in [-0.39, 0.29) is 126 Å². The Bertz CT molecular complexity index is 1660. The molecule has 0 bridgehead atoms. The molecule has 0 spiro atoms. The van der Waals surface area contributed by atoms with Crippen LogP contribution < -0.4 is 59.1 Å². The molecule has 0 unspecified atom stereocenters. The Labute approximate surface area is 328 Å².